The zero-order valence-corrected chi connectivity index (χ0v) is 15.7. The highest BCUT2D eigenvalue weighted by Crippen LogP contribution is 2.30. The summed E-state index contributed by atoms with van der Waals surface area (Å²) in [6, 6.07) is 15.8. The highest BCUT2D eigenvalue weighted by atomic mass is 19.4. The van der Waals surface area contributed by atoms with E-state index >= 15 is 0 Å². The molecule has 3 N–H and O–H groups in total. The molecule has 0 fully saturated rings. The van der Waals surface area contributed by atoms with Crippen LogP contribution in [0.15, 0.2) is 66.7 Å². The zero-order chi connectivity index (χ0) is 21.7. The lowest BCUT2D eigenvalue weighted by Gasteiger charge is -2.17. The van der Waals surface area contributed by atoms with Gasteiger partial charge in [-0.3, -0.25) is 9.59 Å². The van der Waals surface area contributed by atoms with E-state index < -0.39 is 36.2 Å². The van der Waals surface area contributed by atoms with Gasteiger partial charge in [0.05, 0.1) is 18.6 Å². The van der Waals surface area contributed by atoms with E-state index in [1.807, 2.05) is 36.4 Å². The van der Waals surface area contributed by atoms with Crippen LogP contribution < -0.4 is 10.6 Å². The Morgan fingerprint density at radius 3 is 2.40 bits per heavy atom. The van der Waals surface area contributed by atoms with Crippen molar-refractivity contribution >= 4 is 28.3 Å². The molecule has 0 aliphatic rings. The van der Waals surface area contributed by atoms with E-state index in [1.54, 1.807) is 6.07 Å². The molecule has 3 aromatic rings. The maximum absolute atomic E-state index is 12.8. The molecule has 0 bridgehead atoms. The average molecular weight is 416 g/mol. The normalized spacial score (nSPS) is 12.4. The maximum atomic E-state index is 12.8. The first-order valence-corrected chi connectivity index (χ1v) is 9.13. The molecule has 30 heavy (non-hydrogen) atoms. The van der Waals surface area contributed by atoms with E-state index in [2.05, 4.69) is 10.6 Å². The lowest BCUT2D eigenvalue weighted by molar-refractivity contribution is -0.137. The summed E-state index contributed by atoms with van der Waals surface area (Å²) in [6.07, 6.45) is -4.57. The third-order valence-electron chi connectivity index (χ3n) is 4.52. The van der Waals surface area contributed by atoms with Gasteiger partial charge in [0.25, 0.3) is 0 Å². The second-order valence-corrected chi connectivity index (χ2v) is 6.69. The number of carbonyl (C=O) groups excluding carboxylic acids is 2. The maximum Gasteiger partial charge on any atom is 0.416 e. The Kier molecular flexibility index (Phi) is 6.37. The van der Waals surface area contributed by atoms with Gasteiger partial charge in [0.15, 0.2) is 0 Å². The SMILES string of the molecule is O=C(Cc1cccc2ccccc12)NC(CO)C(=O)Nc1cccc(C(F)(F)F)c1. The van der Waals surface area contributed by atoms with Gasteiger partial charge in [-0.1, -0.05) is 48.5 Å². The van der Waals surface area contributed by atoms with E-state index in [4.69, 9.17) is 0 Å². The quantitative estimate of drug-likeness (QED) is 0.576. The Morgan fingerprint density at radius 1 is 0.967 bits per heavy atom. The largest absolute Gasteiger partial charge is 0.416 e. The first kappa shape index (κ1) is 21.3. The summed E-state index contributed by atoms with van der Waals surface area (Å²) >= 11 is 0. The van der Waals surface area contributed by atoms with Crippen molar-refractivity contribution < 1.29 is 27.9 Å². The van der Waals surface area contributed by atoms with Crippen LogP contribution in [0.2, 0.25) is 0 Å². The monoisotopic (exact) mass is 416 g/mol. The van der Waals surface area contributed by atoms with Crippen LogP contribution in [-0.2, 0) is 22.2 Å². The van der Waals surface area contributed by atoms with Crippen LogP contribution in [0.3, 0.4) is 0 Å². The number of benzene rings is 3. The first-order chi connectivity index (χ1) is 14.3. The van der Waals surface area contributed by atoms with Gasteiger partial charge in [-0.2, -0.15) is 13.2 Å². The molecule has 0 radical (unpaired) electrons. The lowest BCUT2D eigenvalue weighted by Crippen LogP contribution is -2.46. The summed E-state index contributed by atoms with van der Waals surface area (Å²) in [4.78, 5) is 24.8. The molecule has 0 saturated heterocycles. The summed E-state index contributed by atoms with van der Waals surface area (Å²) in [5.74, 6) is -1.31. The second kappa shape index (κ2) is 8.96. The van der Waals surface area contributed by atoms with Crippen LogP contribution in [0.1, 0.15) is 11.1 Å². The van der Waals surface area contributed by atoms with Crippen molar-refractivity contribution in [2.75, 3.05) is 11.9 Å². The van der Waals surface area contributed by atoms with Gasteiger partial charge in [-0.25, -0.2) is 0 Å². The topological polar surface area (TPSA) is 78.4 Å². The van der Waals surface area contributed by atoms with Crippen molar-refractivity contribution in [3.8, 4) is 0 Å². The number of anilines is 1. The highest BCUT2D eigenvalue weighted by molar-refractivity contribution is 5.98. The number of amides is 2. The molecular weight excluding hydrogens is 397 g/mol. The molecule has 1 unspecified atom stereocenters. The molecule has 0 saturated carbocycles. The Morgan fingerprint density at radius 2 is 1.67 bits per heavy atom. The van der Waals surface area contributed by atoms with Crippen LogP contribution in [0.25, 0.3) is 10.8 Å². The fraction of sp³-hybridized carbons (Fsp3) is 0.182. The van der Waals surface area contributed by atoms with Gasteiger partial charge in [0, 0.05) is 5.69 Å². The van der Waals surface area contributed by atoms with Gasteiger partial charge in [0.2, 0.25) is 11.8 Å². The van der Waals surface area contributed by atoms with E-state index in [1.165, 1.54) is 6.07 Å². The van der Waals surface area contributed by atoms with Crippen molar-refractivity contribution in [3.05, 3.63) is 77.9 Å². The van der Waals surface area contributed by atoms with E-state index in [0.29, 0.717) is 0 Å². The number of aliphatic hydroxyl groups is 1. The molecule has 0 spiro atoms. The van der Waals surface area contributed by atoms with E-state index in [9.17, 15) is 27.9 Å². The number of halogens is 3. The first-order valence-electron chi connectivity index (χ1n) is 9.13. The minimum atomic E-state index is -4.55. The van der Waals surface area contributed by atoms with Crippen LogP contribution in [-0.4, -0.2) is 29.6 Å². The van der Waals surface area contributed by atoms with Gasteiger partial charge < -0.3 is 15.7 Å². The zero-order valence-electron chi connectivity index (χ0n) is 15.7. The number of fused-ring (bicyclic) bond motifs is 1. The molecule has 2 amide bonds. The van der Waals surface area contributed by atoms with Crippen molar-refractivity contribution in [2.45, 2.75) is 18.6 Å². The second-order valence-electron chi connectivity index (χ2n) is 6.69. The predicted octanol–water partition coefficient (Wildman–Crippen LogP) is 3.52. The number of rotatable bonds is 6. The Balaban J connectivity index is 1.67. The third kappa shape index (κ3) is 5.15. The van der Waals surface area contributed by atoms with Crippen LogP contribution >= 0.6 is 0 Å². The van der Waals surface area contributed by atoms with Crippen LogP contribution in [0, 0.1) is 0 Å². The molecule has 0 aliphatic heterocycles. The van der Waals surface area contributed by atoms with Gasteiger partial charge in [0.1, 0.15) is 6.04 Å². The molecule has 0 aromatic heterocycles. The van der Waals surface area contributed by atoms with Gasteiger partial charge in [-0.15, -0.1) is 0 Å². The highest BCUT2D eigenvalue weighted by Gasteiger charge is 2.30. The van der Waals surface area contributed by atoms with Crippen LogP contribution in [0.4, 0.5) is 18.9 Å². The van der Waals surface area contributed by atoms with Crippen LogP contribution in [0.5, 0.6) is 0 Å². The van der Waals surface area contributed by atoms with Gasteiger partial charge >= 0.3 is 6.18 Å². The Hall–Kier alpha value is -3.39. The summed E-state index contributed by atoms with van der Waals surface area (Å²) in [5, 5.41) is 16.1. The number of aliphatic hydroxyl groups excluding tert-OH is 1. The molecule has 0 aliphatic carbocycles. The minimum Gasteiger partial charge on any atom is -0.394 e. The molecule has 156 valence electrons. The minimum absolute atomic E-state index is 0.0192. The van der Waals surface area contributed by atoms with E-state index in [-0.39, 0.29) is 12.1 Å². The average Bonchev–Trinajstić information content (AvgIpc) is 2.72. The van der Waals surface area contributed by atoms with Crippen molar-refractivity contribution in [1.29, 1.82) is 0 Å². The molecule has 8 heteroatoms. The number of hydrogen-bond acceptors (Lipinski definition) is 3. The molecule has 1 atom stereocenters. The van der Waals surface area contributed by atoms with Crippen molar-refractivity contribution in [1.82, 2.24) is 5.32 Å². The third-order valence-corrected chi connectivity index (χ3v) is 4.52. The fourth-order valence-electron chi connectivity index (χ4n) is 3.06. The summed E-state index contributed by atoms with van der Waals surface area (Å²) < 4.78 is 38.4. The Labute approximate surface area is 170 Å². The number of nitrogens with one attached hydrogen (secondary N) is 2. The number of hydrogen-bond donors (Lipinski definition) is 3. The Bertz CT molecular complexity index is 1060. The summed E-state index contributed by atoms with van der Waals surface area (Å²) in [6.45, 7) is -0.702. The van der Waals surface area contributed by atoms with Crippen molar-refractivity contribution in [3.63, 3.8) is 0 Å². The smallest absolute Gasteiger partial charge is 0.394 e. The summed E-state index contributed by atoms with van der Waals surface area (Å²) in [5.41, 5.74) is -0.252. The van der Waals surface area contributed by atoms with E-state index in [0.717, 1.165) is 34.5 Å². The summed E-state index contributed by atoms with van der Waals surface area (Å²) in [7, 11) is 0. The van der Waals surface area contributed by atoms with Crippen molar-refractivity contribution in [2.24, 2.45) is 0 Å². The number of carbonyl (C=O) groups is 2. The molecular formula is C22H19F3N2O3. The lowest BCUT2D eigenvalue weighted by atomic mass is 10.0. The molecule has 3 rings (SSSR count). The molecule has 3 aromatic carbocycles. The molecule has 0 heterocycles. The fourth-order valence-corrected chi connectivity index (χ4v) is 3.06. The predicted molar refractivity (Wildman–Crippen MR) is 107 cm³/mol. The standard InChI is InChI=1S/C22H19F3N2O3/c23-22(24,25)16-8-4-9-17(12-16)26-21(30)19(13-28)27-20(29)11-15-7-3-6-14-5-1-2-10-18(14)15/h1-10,12,19,28H,11,13H2,(H,26,30)(H,27,29). The molecule has 5 nitrogen and oxygen atoms in total. The number of alkyl halides is 3. The van der Waals surface area contributed by atoms with Gasteiger partial charge in [-0.05, 0) is 34.5 Å².